The Balaban J connectivity index is 2.88. The SMILES string of the molecule is CCCN(CC)Cc1cc(C(C)=O)ccc1O. The minimum atomic E-state index is 0.0322. The maximum Gasteiger partial charge on any atom is 0.159 e. The zero-order valence-corrected chi connectivity index (χ0v) is 10.9. The molecule has 1 aromatic carbocycles. The molecule has 3 heteroatoms. The summed E-state index contributed by atoms with van der Waals surface area (Å²) < 4.78 is 0. The summed E-state index contributed by atoms with van der Waals surface area (Å²) in [5.41, 5.74) is 1.48. The molecule has 0 saturated carbocycles. The number of hydrogen-bond acceptors (Lipinski definition) is 3. The monoisotopic (exact) mass is 235 g/mol. The molecule has 0 bridgehead atoms. The zero-order chi connectivity index (χ0) is 12.8. The predicted molar refractivity (Wildman–Crippen MR) is 69.4 cm³/mol. The van der Waals surface area contributed by atoms with E-state index in [9.17, 15) is 9.90 Å². The Morgan fingerprint density at radius 2 is 2.06 bits per heavy atom. The number of ketones is 1. The van der Waals surface area contributed by atoms with Gasteiger partial charge in [-0.05, 0) is 44.6 Å². The summed E-state index contributed by atoms with van der Waals surface area (Å²) in [4.78, 5) is 13.5. The maximum atomic E-state index is 11.3. The van der Waals surface area contributed by atoms with Crippen LogP contribution in [0.2, 0.25) is 0 Å². The Labute approximate surface area is 103 Å². The van der Waals surface area contributed by atoms with E-state index < -0.39 is 0 Å². The molecular weight excluding hydrogens is 214 g/mol. The van der Waals surface area contributed by atoms with Crippen LogP contribution in [-0.2, 0) is 6.54 Å². The van der Waals surface area contributed by atoms with Crippen LogP contribution < -0.4 is 0 Å². The molecular formula is C14H21NO2. The lowest BCUT2D eigenvalue weighted by atomic mass is 10.1. The Morgan fingerprint density at radius 1 is 1.35 bits per heavy atom. The van der Waals surface area contributed by atoms with Crippen LogP contribution in [-0.4, -0.2) is 28.9 Å². The third-order valence-electron chi connectivity index (χ3n) is 2.87. The fourth-order valence-electron chi connectivity index (χ4n) is 1.84. The lowest BCUT2D eigenvalue weighted by molar-refractivity contribution is 0.101. The summed E-state index contributed by atoms with van der Waals surface area (Å²) in [6, 6.07) is 5.05. The second kappa shape index (κ2) is 6.40. The first-order valence-electron chi connectivity index (χ1n) is 6.13. The quantitative estimate of drug-likeness (QED) is 0.771. The van der Waals surface area contributed by atoms with Gasteiger partial charge in [-0.25, -0.2) is 0 Å². The van der Waals surface area contributed by atoms with Gasteiger partial charge in [0.25, 0.3) is 0 Å². The molecule has 0 atom stereocenters. The average molecular weight is 235 g/mol. The molecule has 1 N–H and O–H groups in total. The molecule has 0 aliphatic rings. The van der Waals surface area contributed by atoms with E-state index >= 15 is 0 Å². The Bertz CT molecular complexity index is 388. The summed E-state index contributed by atoms with van der Waals surface area (Å²) in [6.45, 7) is 8.41. The van der Waals surface area contributed by atoms with E-state index in [0.717, 1.165) is 25.1 Å². The number of carbonyl (C=O) groups excluding carboxylic acids is 1. The van der Waals surface area contributed by atoms with Gasteiger partial charge in [0.15, 0.2) is 5.78 Å². The summed E-state index contributed by atoms with van der Waals surface area (Å²) in [5.74, 6) is 0.300. The Morgan fingerprint density at radius 3 is 2.59 bits per heavy atom. The number of phenols is 1. The number of benzene rings is 1. The molecule has 3 nitrogen and oxygen atoms in total. The first-order chi connectivity index (χ1) is 8.08. The summed E-state index contributed by atoms with van der Waals surface area (Å²) in [5, 5.41) is 9.79. The molecule has 1 rings (SSSR count). The number of hydrogen-bond donors (Lipinski definition) is 1. The average Bonchev–Trinajstić information content (AvgIpc) is 2.30. The minimum Gasteiger partial charge on any atom is -0.508 e. The lowest BCUT2D eigenvalue weighted by Gasteiger charge is -2.20. The van der Waals surface area contributed by atoms with Crippen molar-refractivity contribution < 1.29 is 9.90 Å². The molecule has 0 spiro atoms. The minimum absolute atomic E-state index is 0.0322. The van der Waals surface area contributed by atoms with Gasteiger partial charge in [0.1, 0.15) is 5.75 Å². The van der Waals surface area contributed by atoms with Gasteiger partial charge in [0.05, 0.1) is 0 Å². The van der Waals surface area contributed by atoms with Gasteiger partial charge in [0, 0.05) is 17.7 Å². The van der Waals surface area contributed by atoms with Gasteiger partial charge in [-0.1, -0.05) is 13.8 Å². The smallest absolute Gasteiger partial charge is 0.159 e. The molecule has 0 unspecified atom stereocenters. The fourth-order valence-corrected chi connectivity index (χ4v) is 1.84. The molecule has 0 fully saturated rings. The van der Waals surface area contributed by atoms with Crippen molar-refractivity contribution >= 4 is 5.78 Å². The third-order valence-corrected chi connectivity index (χ3v) is 2.87. The molecule has 0 aliphatic carbocycles. The van der Waals surface area contributed by atoms with Gasteiger partial charge in [-0.15, -0.1) is 0 Å². The summed E-state index contributed by atoms with van der Waals surface area (Å²) in [7, 11) is 0. The second-order valence-electron chi connectivity index (χ2n) is 4.27. The number of aromatic hydroxyl groups is 1. The van der Waals surface area contributed by atoms with Crippen molar-refractivity contribution in [3.63, 3.8) is 0 Å². The van der Waals surface area contributed by atoms with Gasteiger partial charge in [-0.2, -0.15) is 0 Å². The molecule has 0 heterocycles. The number of Topliss-reactive ketones (excluding diaryl/α,β-unsaturated/α-hetero) is 1. The van der Waals surface area contributed by atoms with Crippen LogP contribution in [0.15, 0.2) is 18.2 Å². The maximum absolute atomic E-state index is 11.3. The summed E-state index contributed by atoms with van der Waals surface area (Å²) >= 11 is 0. The van der Waals surface area contributed by atoms with E-state index in [1.54, 1.807) is 25.1 Å². The van der Waals surface area contributed by atoms with Gasteiger partial charge in [0.2, 0.25) is 0 Å². The highest BCUT2D eigenvalue weighted by Crippen LogP contribution is 2.20. The van der Waals surface area contributed by atoms with Crippen LogP contribution in [0.1, 0.15) is 43.1 Å². The van der Waals surface area contributed by atoms with Crippen molar-refractivity contribution in [2.24, 2.45) is 0 Å². The first-order valence-corrected chi connectivity index (χ1v) is 6.13. The van der Waals surface area contributed by atoms with Gasteiger partial charge >= 0.3 is 0 Å². The number of phenolic OH excluding ortho intramolecular Hbond substituents is 1. The number of nitrogens with zero attached hydrogens (tertiary/aromatic N) is 1. The van der Waals surface area contributed by atoms with Crippen LogP contribution in [0, 0.1) is 0 Å². The van der Waals surface area contributed by atoms with E-state index in [4.69, 9.17) is 0 Å². The largest absolute Gasteiger partial charge is 0.508 e. The van der Waals surface area contributed by atoms with E-state index in [1.165, 1.54) is 0 Å². The number of carbonyl (C=O) groups is 1. The van der Waals surface area contributed by atoms with Crippen molar-refractivity contribution in [3.8, 4) is 5.75 Å². The zero-order valence-electron chi connectivity index (χ0n) is 10.9. The third kappa shape index (κ3) is 3.86. The predicted octanol–water partition coefficient (Wildman–Crippen LogP) is 2.83. The van der Waals surface area contributed by atoms with E-state index in [-0.39, 0.29) is 11.5 Å². The van der Waals surface area contributed by atoms with Crippen LogP contribution in [0.25, 0.3) is 0 Å². The molecule has 1 aromatic rings. The standard InChI is InChI=1S/C14H21NO2/c1-4-8-15(5-2)10-13-9-12(11(3)16)6-7-14(13)17/h6-7,9,17H,4-5,8,10H2,1-3H3. The molecule has 17 heavy (non-hydrogen) atoms. The lowest BCUT2D eigenvalue weighted by Crippen LogP contribution is -2.23. The van der Waals surface area contributed by atoms with E-state index in [2.05, 4.69) is 18.7 Å². The highest BCUT2D eigenvalue weighted by molar-refractivity contribution is 5.94. The van der Waals surface area contributed by atoms with Crippen molar-refractivity contribution in [1.82, 2.24) is 4.90 Å². The Hall–Kier alpha value is -1.35. The Kier molecular flexibility index (Phi) is 5.16. The topological polar surface area (TPSA) is 40.5 Å². The van der Waals surface area contributed by atoms with E-state index in [1.807, 2.05) is 0 Å². The molecule has 0 aromatic heterocycles. The molecule has 0 saturated heterocycles. The van der Waals surface area contributed by atoms with Crippen LogP contribution in [0.3, 0.4) is 0 Å². The van der Waals surface area contributed by atoms with Crippen molar-refractivity contribution in [2.45, 2.75) is 33.7 Å². The highest BCUT2D eigenvalue weighted by atomic mass is 16.3. The fraction of sp³-hybridized carbons (Fsp3) is 0.500. The van der Waals surface area contributed by atoms with Crippen molar-refractivity contribution in [3.05, 3.63) is 29.3 Å². The highest BCUT2D eigenvalue weighted by Gasteiger charge is 2.09. The van der Waals surface area contributed by atoms with Crippen molar-refractivity contribution in [2.75, 3.05) is 13.1 Å². The summed E-state index contributed by atoms with van der Waals surface area (Å²) in [6.07, 6.45) is 1.08. The van der Waals surface area contributed by atoms with Gasteiger partial charge in [-0.3, -0.25) is 9.69 Å². The molecule has 0 aliphatic heterocycles. The molecule has 0 radical (unpaired) electrons. The first kappa shape index (κ1) is 13.7. The van der Waals surface area contributed by atoms with Crippen LogP contribution in [0.4, 0.5) is 0 Å². The number of rotatable bonds is 6. The van der Waals surface area contributed by atoms with E-state index in [0.29, 0.717) is 12.1 Å². The van der Waals surface area contributed by atoms with Crippen LogP contribution >= 0.6 is 0 Å². The normalized spacial score (nSPS) is 10.8. The molecule has 94 valence electrons. The molecule has 0 amide bonds. The second-order valence-corrected chi connectivity index (χ2v) is 4.27. The van der Waals surface area contributed by atoms with Crippen LogP contribution in [0.5, 0.6) is 5.75 Å². The van der Waals surface area contributed by atoms with Gasteiger partial charge < -0.3 is 5.11 Å². The van der Waals surface area contributed by atoms with Crippen molar-refractivity contribution in [1.29, 1.82) is 0 Å².